The maximum atomic E-state index is 11.4. The fourth-order valence-corrected chi connectivity index (χ4v) is 3.50. The third-order valence-electron chi connectivity index (χ3n) is 4.46. The molecule has 2 aliphatic rings. The highest BCUT2D eigenvalue weighted by atomic mass is 16.5. The summed E-state index contributed by atoms with van der Waals surface area (Å²) in [5.41, 5.74) is 0. The van der Waals surface area contributed by atoms with Crippen LogP contribution in [0.15, 0.2) is 24.3 Å². The van der Waals surface area contributed by atoms with Gasteiger partial charge in [-0.25, -0.2) is 0 Å². The average Bonchev–Trinajstić information content (AvgIpc) is 2.96. The molecule has 2 bridgehead atoms. The molecular formula is C17H26O2. The highest BCUT2D eigenvalue weighted by Crippen LogP contribution is 2.50. The molecule has 4 atom stereocenters. The van der Waals surface area contributed by atoms with Crippen LogP contribution >= 0.6 is 0 Å². The molecule has 1 fully saturated rings. The zero-order chi connectivity index (χ0) is 13.8. The number of allylic oxidation sites excluding steroid dienone is 3. The van der Waals surface area contributed by atoms with E-state index in [1.54, 1.807) is 0 Å². The van der Waals surface area contributed by atoms with E-state index in [1.807, 2.05) is 19.9 Å². The van der Waals surface area contributed by atoms with Gasteiger partial charge in [0.05, 0.1) is 5.92 Å². The minimum atomic E-state index is -0.109. The first-order valence-electron chi connectivity index (χ1n) is 7.65. The van der Waals surface area contributed by atoms with Crippen LogP contribution in [-0.4, -0.2) is 12.6 Å². The number of carbonyl (C=O) groups excluding carboxylic acids is 1. The molecule has 2 heteroatoms. The zero-order valence-electron chi connectivity index (χ0n) is 12.3. The van der Waals surface area contributed by atoms with Crippen LogP contribution in [0, 0.1) is 29.6 Å². The lowest BCUT2D eigenvalue weighted by Gasteiger charge is -2.25. The zero-order valence-corrected chi connectivity index (χ0v) is 12.3. The van der Waals surface area contributed by atoms with Crippen molar-refractivity contribution in [2.45, 2.75) is 40.0 Å². The molecule has 0 aromatic heterocycles. The SMILES string of the molecule is CCCC1C2C=CC(C2)C1C=CCOC(=O)C(C)C. The first-order chi connectivity index (χ1) is 9.13. The molecule has 0 aliphatic heterocycles. The Bertz CT molecular complexity index is 367. The van der Waals surface area contributed by atoms with Crippen molar-refractivity contribution in [2.24, 2.45) is 29.6 Å². The maximum Gasteiger partial charge on any atom is 0.308 e. The fourth-order valence-electron chi connectivity index (χ4n) is 3.50. The molecule has 4 unspecified atom stereocenters. The van der Waals surface area contributed by atoms with Crippen molar-refractivity contribution < 1.29 is 9.53 Å². The van der Waals surface area contributed by atoms with Gasteiger partial charge in [-0.1, -0.05) is 51.5 Å². The van der Waals surface area contributed by atoms with Gasteiger partial charge in [-0.05, 0) is 36.5 Å². The molecule has 106 valence electrons. The average molecular weight is 262 g/mol. The van der Waals surface area contributed by atoms with Crippen LogP contribution in [0.5, 0.6) is 0 Å². The lowest BCUT2D eigenvalue weighted by molar-refractivity contribution is -0.146. The summed E-state index contributed by atoms with van der Waals surface area (Å²) in [5, 5.41) is 0. The highest BCUT2D eigenvalue weighted by molar-refractivity contribution is 5.71. The molecule has 0 heterocycles. The van der Waals surface area contributed by atoms with E-state index in [0.717, 1.165) is 17.8 Å². The Hall–Kier alpha value is -1.05. The van der Waals surface area contributed by atoms with Crippen molar-refractivity contribution in [1.82, 2.24) is 0 Å². The molecule has 1 saturated carbocycles. The highest BCUT2D eigenvalue weighted by Gasteiger charge is 2.42. The third kappa shape index (κ3) is 3.29. The van der Waals surface area contributed by atoms with E-state index < -0.39 is 0 Å². The summed E-state index contributed by atoms with van der Waals surface area (Å²) < 4.78 is 5.19. The van der Waals surface area contributed by atoms with Gasteiger partial charge in [0.15, 0.2) is 0 Å². The maximum absolute atomic E-state index is 11.4. The molecular weight excluding hydrogens is 236 g/mol. The minimum absolute atomic E-state index is 0.0355. The third-order valence-corrected chi connectivity index (χ3v) is 4.46. The van der Waals surface area contributed by atoms with Crippen LogP contribution in [0.2, 0.25) is 0 Å². The number of carbonyl (C=O) groups is 1. The van der Waals surface area contributed by atoms with Crippen molar-refractivity contribution in [3.05, 3.63) is 24.3 Å². The molecule has 0 amide bonds. The Morgan fingerprint density at radius 3 is 2.79 bits per heavy atom. The first kappa shape index (κ1) is 14.4. The second kappa shape index (κ2) is 6.40. The van der Waals surface area contributed by atoms with Gasteiger partial charge in [-0.3, -0.25) is 4.79 Å². The Kier molecular flexibility index (Phi) is 4.84. The van der Waals surface area contributed by atoms with E-state index >= 15 is 0 Å². The summed E-state index contributed by atoms with van der Waals surface area (Å²) >= 11 is 0. The number of rotatable bonds is 6. The van der Waals surface area contributed by atoms with Crippen LogP contribution < -0.4 is 0 Å². The second-order valence-corrected chi connectivity index (χ2v) is 6.19. The molecule has 2 nitrogen and oxygen atoms in total. The summed E-state index contributed by atoms with van der Waals surface area (Å²) in [6.07, 6.45) is 13.0. The molecule has 0 N–H and O–H groups in total. The molecule has 0 saturated heterocycles. The summed E-state index contributed by atoms with van der Waals surface area (Å²) in [7, 11) is 0. The summed E-state index contributed by atoms with van der Waals surface area (Å²) in [5.74, 6) is 2.83. The Morgan fingerprint density at radius 2 is 2.11 bits per heavy atom. The summed E-state index contributed by atoms with van der Waals surface area (Å²) in [6, 6.07) is 0. The van der Waals surface area contributed by atoms with Gasteiger partial charge in [0.2, 0.25) is 0 Å². The lowest BCUT2D eigenvalue weighted by atomic mass is 9.80. The normalized spacial score (nSPS) is 32.6. The van der Waals surface area contributed by atoms with Crippen LogP contribution in [0.1, 0.15) is 40.0 Å². The van der Waals surface area contributed by atoms with Gasteiger partial charge in [0.1, 0.15) is 6.61 Å². The molecule has 0 radical (unpaired) electrons. The van der Waals surface area contributed by atoms with Gasteiger partial charge in [0.25, 0.3) is 0 Å². The van der Waals surface area contributed by atoms with E-state index in [1.165, 1.54) is 19.3 Å². The fraction of sp³-hybridized carbons (Fsp3) is 0.706. The second-order valence-electron chi connectivity index (χ2n) is 6.19. The van der Waals surface area contributed by atoms with E-state index in [-0.39, 0.29) is 11.9 Å². The Labute approximate surface area is 116 Å². The van der Waals surface area contributed by atoms with E-state index in [0.29, 0.717) is 12.5 Å². The minimum Gasteiger partial charge on any atom is -0.461 e. The van der Waals surface area contributed by atoms with Crippen molar-refractivity contribution in [3.63, 3.8) is 0 Å². The number of esters is 1. The predicted molar refractivity (Wildman–Crippen MR) is 77.6 cm³/mol. The predicted octanol–water partition coefficient (Wildman–Crippen LogP) is 3.98. The number of fused-ring (bicyclic) bond motifs is 2. The lowest BCUT2D eigenvalue weighted by Crippen LogP contribution is -2.18. The molecule has 0 aromatic carbocycles. The van der Waals surface area contributed by atoms with E-state index in [9.17, 15) is 4.79 Å². The number of ether oxygens (including phenoxy) is 1. The molecule has 0 aromatic rings. The van der Waals surface area contributed by atoms with Gasteiger partial charge < -0.3 is 4.74 Å². The van der Waals surface area contributed by atoms with Crippen molar-refractivity contribution in [3.8, 4) is 0 Å². The molecule has 2 rings (SSSR count). The van der Waals surface area contributed by atoms with Gasteiger partial charge >= 0.3 is 5.97 Å². The quantitative estimate of drug-likeness (QED) is 0.534. The smallest absolute Gasteiger partial charge is 0.308 e. The number of hydrogen-bond donors (Lipinski definition) is 0. The summed E-state index contributed by atoms with van der Waals surface area (Å²) in [6.45, 7) is 6.42. The number of hydrogen-bond acceptors (Lipinski definition) is 2. The van der Waals surface area contributed by atoms with Crippen molar-refractivity contribution in [1.29, 1.82) is 0 Å². The van der Waals surface area contributed by atoms with E-state index in [2.05, 4.69) is 25.2 Å². The summed E-state index contributed by atoms with van der Waals surface area (Å²) in [4.78, 5) is 11.4. The topological polar surface area (TPSA) is 26.3 Å². The van der Waals surface area contributed by atoms with Crippen molar-refractivity contribution >= 4 is 5.97 Å². The van der Waals surface area contributed by atoms with Crippen LogP contribution in [0.25, 0.3) is 0 Å². The molecule has 0 spiro atoms. The Morgan fingerprint density at radius 1 is 1.37 bits per heavy atom. The monoisotopic (exact) mass is 262 g/mol. The van der Waals surface area contributed by atoms with Crippen LogP contribution in [0.3, 0.4) is 0 Å². The first-order valence-corrected chi connectivity index (χ1v) is 7.65. The largest absolute Gasteiger partial charge is 0.461 e. The van der Waals surface area contributed by atoms with Crippen molar-refractivity contribution in [2.75, 3.05) is 6.61 Å². The standard InChI is InChI=1S/C17H26O2/c1-4-6-15-13-8-9-14(11-13)16(15)7-5-10-19-17(18)12(2)3/h5,7-9,12-16H,4,6,10-11H2,1-3H3. The van der Waals surface area contributed by atoms with Gasteiger partial charge in [-0.2, -0.15) is 0 Å². The van der Waals surface area contributed by atoms with Crippen LogP contribution in [0.4, 0.5) is 0 Å². The van der Waals surface area contributed by atoms with Gasteiger partial charge in [-0.15, -0.1) is 0 Å². The van der Waals surface area contributed by atoms with E-state index in [4.69, 9.17) is 4.74 Å². The van der Waals surface area contributed by atoms with Gasteiger partial charge in [0, 0.05) is 0 Å². The van der Waals surface area contributed by atoms with Crippen LogP contribution in [-0.2, 0) is 9.53 Å². The molecule has 19 heavy (non-hydrogen) atoms. The Balaban J connectivity index is 1.84. The molecule has 2 aliphatic carbocycles.